The molecule has 2 unspecified atom stereocenters. The smallest absolute Gasteiger partial charge is 0.227 e. The molecular formula is C14H16F2N2O. The van der Waals surface area contributed by atoms with Gasteiger partial charge in [0.25, 0.3) is 0 Å². The number of hydrogen-bond donors (Lipinski definition) is 1. The van der Waals surface area contributed by atoms with Crippen LogP contribution < -0.4 is 5.32 Å². The standard InChI is InChI=1S/C14H16F2N2O/c15-12-2-1-9(13(16)4-12)3-14(19)18-7-10-5-17-6-11(10)8-18/h1-2,4,10-11,17H,3,5-8H2. The molecule has 102 valence electrons. The van der Waals surface area contributed by atoms with Crippen LogP contribution in [0, 0.1) is 23.5 Å². The normalized spacial score (nSPS) is 25.7. The number of rotatable bonds is 2. The summed E-state index contributed by atoms with van der Waals surface area (Å²) in [7, 11) is 0. The molecule has 0 spiro atoms. The maximum absolute atomic E-state index is 13.5. The molecule has 2 aliphatic heterocycles. The van der Waals surface area contributed by atoms with Crippen molar-refractivity contribution in [1.29, 1.82) is 0 Å². The van der Waals surface area contributed by atoms with E-state index in [9.17, 15) is 13.6 Å². The lowest BCUT2D eigenvalue weighted by molar-refractivity contribution is -0.129. The molecule has 2 atom stereocenters. The fourth-order valence-corrected chi connectivity index (χ4v) is 3.00. The van der Waals surface area contributed by atoms with Gasteiger partial charge in [0.15, 0.2) is 0 Å². The highest BCUT2D eigenvalue weighted by Crippen LogP contribution is 2.26. The van der Waals surface area contributed by atoms with Crippen LogP contribution in [0.25, 0.3) is 0 Å². The van der Waals surface area contributed by atoms with Crippen molar-refractivity contribution in [2.75, 3.05) is 26.2 Å². The maximum atomic E-state index is 13.5. The summed E-state index contributed by atoms with van der Waals surface area (Å²) < 4.78 is 26.3. The number of carbonyl (C=O) groups is 1. The van der Waals surface area contributed by atoms with E-state index in [4.69, 9.17) is 0 Å². The third-order valence-electron chi connectivity index (χ3n) is 4.10. The van der Waals surface area contributed by atoms with Crippen LogP contribution in [0.2, 0.25) is 0 Å². The molecule has 3 rings (SSSR count). The molecule has 0 saturated carbocycles. The summed E-state index contributed by atoms with van der Waals surface area (Å²) in [4.78, 5) is 13.9. The first kappa shape index (κ1) is 12.5. The number of amides is 1. The van der Waals surface area contributed by atoms with Gasteiger partial charge in [-0.15, -0.1) is 0 Å². The lowest BCUT2D eigenvalue weighted by Crippen LogP contribution is -2.33. The van der Waals surface area contributed by atoms with Gasteiger partial charge in [-0.1, -0.05) is 6.07 Å². The Balaban J connectivity index is 1.65. The van der Waals surface area contributed by atoms with Crippen LogP contribution in [0.5, 0.6) is 0 Å². The predicted octanol–water partition coefficient (Wildman–Crippen LogP) is 1.19. The van der Waals surface area contributed by atoms with E-state index in [0.717, 1.165) is 32.2 Å². The van der Waals surface area contributed by atoms with Gasteiger partial charge in [0.1, 0.15) is 11.6 Å². The van der Waals surface area contributed by atoms with Gasteiger partial charge in [-0.3, -0.25) is 4.79 Å². The fraction of sp³-hybridized carbons (Fsp3) is 0.500. The number of benzene rings is 1. The number of nitrogens with one attached hydrogen (secondary N) is 1. The zero-order chi connectivity index (χ0) is 13.4. The molecule has 1 aromatic rings. The van der Waals surface area contributed by atoms with Gasteiger partial charge in [0, 0.05) is 32.2 Å². The number of nitrogens with zero attached hydrogens (tertiary/aromatic N) is 1. The van der Waals surface area contributed by atoms with Gasteiger partial charge in [0.05, 0.1) is 6.42 Å². The highest BCUT2D eigenvalue weighted by Gasteiger charge is 2.37. The van der Waals surface area contributed by atoms with Gasteiger partial charge in [0.2, 0.25) is 5.91 Å². The van der Waals surface area contributed by atoms with Crippen molar-refractivity contribution >= 4 is 5.91 Å². The lowest BCUT2D eigenvalue weighted by atomic mass is 10.0. The molecule has 2 fully saturated rings. The van der Waals surface area contributed by atoms with Crippen molar-refractivity contribution in [3.8, 4) is 0 Å². The second kappa shape index (κ2) is 4.89. The van der Waals surface area contributed by atoms with Gasteiger partial charge in [-0.25, -0.2) is 8.78 Å². The monoisotopic (exact) mass is 266 g/mol. The molecule has 19 heavy (non-hydrogen) atoms. The molecule has 0 bridgehead atoms. The lowest BCUT2D eigenvalue weighted by Gasteiger charge is -2.17. The van der Waals surface area contributed by atoms with Crippen molar-refractivity contribution in [3.63, 3.8) is 0 Å². The number of halogens is 2. The van der Waals surface area contributed by atoms with E-state index in [1.807, 2.05) is 0 Å². The van der Waals surface area contributed by atoms with Gasteiger partial charge >= 0.3 is 0 Å². The summed E-state index contributed by atoms with van der Waals surface area (Å²) in [6.45, 7) is 3.41. The summed E-state index contributed by atoms with van der Waals surface area (Å²) in [5, 5.41) is 3.31. The summed E-state index contributed by atoms with van der Waals surface area (Å²) in [5.41, 5.74) is 0.265. The van der Waals surface area contributed by atoms with Crippen molar-refractivity contribution in [2.24, 2.45) is 11.8 Å². The maximum Gasteiger partial charge on any atom is 0.227 e. The Morgan fingerprint density at radius 3 is 2.58 bits per heavy atom. The molecule has 0 aliphatic carbocycles. The first-order chi connectivity index (χ1) is 9.13. The van der Waals surface area contributed by atoms with Crippen molar-refractivity contribution in [3.05, 3.63) is 35.4 Å². The van der Waals surface area contributed by atoms with Crippen molar-refractivity contribution < 1.29 is 13.6 Å². The van der Waals surface area contributed by atoms with Crippen molar-refractivity contribution in [2.45, 2.75) is 6.42 Å². The minimum Gasteiger partial charge on any atom is -0.342 e. The number of hydrogen-bond acceptors (Lipinski definition) is 2. The Bertz CT molecular complexity index is 494. The minimum absolute atomic E-state index is 0.0129. The molecule has 0 aromatic heterocycles. The first-order valence-corrected chi connectivity index (χ1v) is 6.56. The summed E-state index contributed by atoms with van der Waals surface area (Å²) >= 11 is 0. The summed E-state index contributed by atoms with van der Waals surface area (Å²) in [6.07, 6.45) is 0.0129. The Morgan fingerprint density at radius 2 is 1.95 bits per heavy atom. The van der Waals surface area contributed by atoms with Crippen LogP contribution in [0.1, 0.15) is 5.56 Å². The molecular weight excluding hydrogens is 250 g/mol. The average molecular weight is 266 g/mol. The third-order valence-corrected chi connectivity index (χ3v) is 4.10. The molecule has 1 N–H and O–H groups in total. The van der Waals surface area contributed by atoms with Crippen LogP contribution in [-0.2, 0) is 11.2 Å². The number of carbonyl (C=O) groups excluding carboxylic acids is 1. The Morgan fingerprint density at radius 1 is 1.26 bits per heavy atom. The highest BCUT2D eigenvalue weighted by atomic mass is 19.1. The van der Waals surface area contributed by atoms with E-state index in [1.54, 1.807) is 4.90 Å². The van der Waals surface area contributed by atoms with Crippen molar-refractivity contribution in [1.82, 2.24) is 10.2 Å². The Labute approximate surface area is 110 Å². The Hall–Kier alpha value is -1.49. The molecule has 5 heteroatoms. The molecule has 2 heterocycles. The zero-order valence-electron chi connectivity index (χ0n) is 10.5. The van der Waals surface area contributed by atoms with Gasteiger partial charge in [-0.2, -0.15) is 0 Å². The van der Waals surface area contributed by atoms with E-state index in [1.165, 1.54) is 12.1 Å². The topological polar surface area (TPSA) is 32.3 Å². The van der Waals surface area contributed by atoms with E-state index >= 15 is 0 Å². The zero-order valence-corrected chi connectivity index (χ0v) is 10.5. The Kier molecular flexibility index (Phi) is 3.22. The fourth-order valence-electron chi connectivity index (χ4n) is 3.00. The predicted molar refractivity (Wildman–Crippen MR) is 66.5 cm³/mol. The molecule has 0 radical (unpaired) electrons. The summed E-state index contributed by atoms with van der Waals surface area (Å²) in [5.74, 6) is -0.270. The third kappa shape index (κ3) is 2.47. The SMILES string of the molecule is O=C(Cc1ccc(F)cc1F)N1CC2CNCC2C1. The van der Waals surface area contributed by atoms with Crippen LogP contribution in [0.3, 0.4) is 0 Å². The number of fused-ring (bicyclic) bond motifs is 1. The average Bonchev–Trinajstić information content (AvgIpc) is 2.93. The van der Waals surface area contributed by atoms with E-state index < -0.39 is 11.6 Å². The quantitative estimate of drug-likeness (QED) is 0.872. The largest absolute Gasteiger partial charge is 0.342 e. The molecule has 2 aliphatic rings. The van der Waals surface area contributed by atoms with E-state index in [0.29, 0.717) is 11.8 Å². The second-order valence-electron chi connectivity index (χ2n) is 5.39. The van der Waals surface area contributed by atoms with Crippen LogP contribution in [-0.4, -0.2) is 37.0 Å². The van der Waals surface area contributed by atoms with Crippen LogP contribution in [0.4, 0.5) is 8.78 Å². The summed E-state index contributed by atoms with van der Waals surface area (Å²) in [6, 6.07) is 3.36. The van der Waals surface area contributed by atoms with Crippen LogP contribution in [0.15, 0.2) is 18.2 Å². The second-order valence-corrected chi connectivity index (χ2v) is 5.39. The van der Waals surface area contributed by atoms with E-state index in [-0.39, 0.29) is 17.9 Å². The van der Waals surface area contributed by atoms with E-state index in [2.05, 4.69) is 5.32 Å². The number of likely N-dealkylation sites (tertiary alicyclic amines) is 1. The molecule has 2 saturated heterocycles. The minimum atomic E-state index is -0.644. The van der Waals surface area contributed by atoms with Gasteiger partial charge < -0.3 is 10.2 Å². The highest BCUT2D eigenvalue weighted by molar-refractivity contribution is 5.79. The molecule has 1 aromatic carbocycles. The van der Waals surface area contributed by atoms with Gasteiger partial charge in [-0.05, 0) is 23.5 Å². The van der Waals surface area contributed by atoms with Crippen LogP contribution >= 0.6 is 0 Å². The molecule has 3 nitrogen and oxygen atoms in total. The first-order valence-electron chi connectivity index (χ1n) is 6.56. The molecule has 1 amide bonds.